The number of carbonyl (C=O) groups is 2. The van der Waals surface area contributed by atoms with Gasteiger partial charge in [-0.25, -0.2) is 23.5 Å². The fraction of sp³-hybridized carbons (Fsp3) is 0.172. The molecule has 0 saturated heterocycles. The average molecular weight is 677 g/mol. The van der Waals surface area contributed by atoms with Gasteiger partial charge in [0.15, 0.2) is 16.5 Å². The van der Waals surface area contributed by atoms with Crippen LogP contribution in [0.4, 0.5) is 33.0 Å². The Labute approximate surface area is 264 Å². The number of nitrogens with zero attached hydrogens (tertiary/aromatic N) is 4. The van der Waals surface area contributed by atoms with Crippen LogP contribution in [-0.4, -0.2) is 67.0 Å². The van der Waals surface area contributed by atoms with Crippen LogP contribution in [0, 0.1) is 18.6 Å². The van der Waals surface area contributed by atoms with Crippen LogP contribution < -0.4 is 20.9 Å². The Balaban J connectivity index is 1.88. The maximum absolute atomic E-state index is 15.0. The van der Waals surface area contributed by atoms with Gasteiger partial charge in [-0.1, -0.05) is 12.1 Å². The number of aliphatic hydroxyl groups excluding tert-OH is 2. The van der Waals surface area contributed by atoms with Gasteiger partial charge in [-0.15, -0.1) is 11.3 Å². The first-order chi connectivity index (χ1) is 22.3. The molecular formula is C29H21F5N6O6S. The normalized spacial score (nSPS) is 11.6. The summed E-state index contributed by atoms with van der Waals surface area (Å²) in [4.78, 5) is 51.1. The lowest BCUT2D eigenvalue weighted by Crippen LogP contribution is -2.30. The van der Waals surface area contributed by atoms with E-state index >= 15 is 8.78 Å². The van der Waals surface area contributed by atoms with Crippen molar-refractivity contribution in [2.24, 2.45) is 0 Å². The van der Waals surface area contributed by atoms with Gasteiger partial charge in [-0.3, -0.25) is 19.5 Å². The molecular weight excluding hydrogens is 655 g/mol. The van der Waals surface area contributed by atoms with Crippen molar-refractivity contribution >= 4 is 45.3 Å². The Kier molecular flexibility index (Phi) is 9.27. The van der Waals surface area contributed by atoms with Crippen molar-refractivity contribution in [2.75, 3.05) is 23.8 Å². The number of fused-ring (bicyclic) bond motifs is 1. The molecule has 3 heterocycles. The monoisotopic (exact) mass is 676 g/mol. The van der Waals surface area contributed by atoms with Crippen molar-refractivity contribution in [3.63, 3.8) is 0 Å². The molecule has 4 N–H and O–H groups in total. The van der Waals surface area contributed by atoms with Crippen molar-refractivity contribution < 1.29 is 46.5 Å². The number of thiazole rings is 1. The number of rotatable bonds is 9. The summed E-state index contributed by atoms with van der Waals surface area (Å²) in [6.07, 6.45) is -4.15. The molecule has 12 nitrogen and oxygen atoms in total. The van der Waals surface area contributed by atoms with Gasteiger partial charge in [0.1, 0.15) is 17.3 Å². The molecule has 1 amide bonds. The fourth-order valence-corrected chi connectivity index (χ4v) is 5.00. The summed E-state index contributed by atoms with van der Waals surface area (Å²) in [5.74, 6) is -7.42. The summed E-state index contributed by atoms with van der Waals surface area (Å²) in [5.41, 5.74) is -3.49. The number of hydrogen-bond acceptors (Lipinski definition) is 11. The topological polar surface area (TPSA) is 169 Å². The van der Waals surface area contributed by atoms with Gasteiger partial charge in [-0.05, 0) is 36.8 Å². The van der Waals surface area contributed by atoms with E-state index in [0.717, 1.165) is 47.7 Å². The highest BCUT2D eigenvalue weighted by Crippen LogP contribution is 2.40. The number of aryl methyl sites for hydroxylation is 1. The number of amides is 1. The number of para-hydroxylation sites is 1. The van der Waals surface area contributed by atoms with Crippen LogP contribution in [0.25, 0.3) is 28.0 Å². The predicted octanol–water partition coefficient (Wildman–Crippen LogP) is 3.98. The lowest BCUT2D eigenvalue weighted by Gasteiger charge is -2.20. The highest BCUT2D eigenvalue weighted by Gasteiger charge is 2.43. The van der Waals surface area contributed by atoms with E-state index in [0.29, 0.717) is 4.57 Å². The summed E-state index contributed by atoms with van der Waals surface area (Å²) >= 11 is 0.996. The second-order valence-corrected chi connectivity index (χ2v) is 10.6. The van der Waals surface area contributed by atoms with E-state index in [2.05, 4.69) is 25.6 Å². The molecule has 0 fully saturated rings. The molecule has 0 bridgehead atoms. The minimum Gasteiger partial charge on any atom is -0.418 e. The first-order valence-electron chi connectivity index (χ1n) is 13.3. The number of pyridine rings is 1. The zero-order valence-corrected chi connectivity index (χ0v) is 24.6. The van der Waals surface area contributed by atoms with Crippen LogP contribution >= 0.6 is 11.3 Å². The Morgan fingerprint density at radius 3 is 2.36 bits per heavy atom. The van der Waals surface area contributed by atoms with Crippen LogP contribution in [0.3, 0.4) is 0 Å². The number of benzene rings is 2. The summed E-state index contributed by atoms with van der Waals surface area (Å²) in [6, 6.07) is 6.12. The first-order valence-corrected chi connectivity index (χ1v) is 14.2. The molecule has 0 unspecified atom stereocenters. The molecule has 3 aromatic heterocycles. The molecule has 47 heavy (non-hydrogen) atoms. The number of hydrogen-bond donors (Lipinski definition) is 4. The summed E-state index contributed by atoms with van der Waals surface area (Å²) in [5, 5.41) is 25.7. The second kappa shape index (κ2) is 13.2. The van der Waals surface area contributed by atoms with Crippen molar-refractivity contribution in [3.8, 4) is 22.7 Å². The third kappa shape index (κ3) is 6.64. The quantitative estimate of drug-likeness (QED) is 0.102. The number of esters is 1. The van der Waals surface area contributed by atoms with Crippen molar-refractivity contribution in [3.05, 3.63) is 87.2 Å². The van der Waals surface area contributed by atoms with E-state index in [9.17, 15) is 37.8 Å². The third-order valence-electron chi connectivity index (χ3n) is 6.61. The molecule has 0 aliphatic carbocycles. The maximum atomic E-state index is 15.0. The van der Waals surface area contributed by atoms with Crippen LogP contribution in [0.15, 0.2) is 58.8 Å². The number of ether oxygens (including phenoxy) is 1. The van der Waals surface area contributed by atoms with E-state index in [1.165, 1.54) is 24.6 Å². The fourth-order valence-electron chi connectivity index (χ4n) is 4.48. The van der Waals surface area contributed by atoms with E-state index < -0.39 is 83.1 Å². The number of nitrogens with one attached hydrogen (secondary N) is 2. The number of carbonyl (C=O) groups excluding carboxylic acids is 2. The van der Waals surface area contributed by atoms with Gasteiger partial charge in [0.05, 0.1) is 30.5 Å². The molecule has 0 spiro atoms. The molecule has 5 aromatic rings. The largest absolute Gasteiger partial charge is 0.491 e. The highest BCUT2D eigenvalue weighted by atomic mass is 32.1. The zero-order valence-electron chi connectivity index (χ0n) is 23.8. The maximum Gasteiger partial charge on any atom is 0.491 e. The molecule has 0 aliphatic heterocycles. The van der Waals surface area contributed by atoms with Crippen LogP contribution in [0.1, 0.15) is 15.9 Å². The van der Waals surface area contributed by atoms with E-state index in [1.807, 2.05) is 0 Å². The van der Waals surface area contributed by atoms with Gasteiger partial charge in [-0.2, -0.15) is 18.2 Å². The number of alkyl halides is 3. The van der Waals surface area contributed by atoms with E-state index in [1.54, 1.807) is 0 Å². The molecule has 0 saturated carbocycles. The molecule has 244 valence electrons. The molecule has 0 radical (unpaired) electrons. The van der Waals surface area contributed by atoms with Gasteiger partial charge in [0, 0.05) is 28.6 Å². The SMILES string of the molecule is Cc1ccc(C(=O)Nc2nccs2)c(OC(=O)C(F)(F)F)c1-c1nc(NC(CO)CO)nc2c1ccc(=O)n2-c1c(F)cccc1F. The Bertz CT molecular complexity index is 2030. The Morgan fingerprint density at radius 2 is 1.74 bits per heavy atom. The Hall–Kier alpha value is -5.33. The van der Waals surface area contributed by atoms with Crippen molar-refractivity contribution in [1.29, 1.82) is 0 Å². The third-order valence-corrected chi connectivity index (χ3v) is 7.30. The predicted molar refractivity (Wildman–Crippen MR) is 159 cm³/mol. The van der Waals surface area contributed by atoms with E-state index in [4.69, 9.17) is 4.74 Å². The van der Waals surface area contributed by atoms with Crippen molar-refractivity contribution in [2.45, 2.75) is 19.1 Å². The molecule has 18 heteroatoms. The zero-order chi connectivity index (χ0) is 34.0. The number of aliphatic hydroxyl groups is 2. The summed E-state index contributed by atoms with van der Waals surface area (Å²) in [6.45, 7) is 0.0495. The molecule has 2 aromatic carbocycles. The average Bonchev–Trinajstić information content (AvgIpc) is 3.53. The number of aromatic nitrogens is 4. The van der Waals surface area contributed by atoms with Gasteiger partial charge >= 0.3 is 12.1 Å². The van der Waals surface area contributed by atoms with Crippen LogP contribution in [-0.2, 0) is 4.79 Å². The standard InChI is InChI=1S/C29H21F5N6O6S/c1-13-5-6-16(25(44)39-28-35-9-10-47-28)23(46-26(45)29(32,33)34)20(13)21-15-7-8-19(43)40(22-17(30)3-2-4-18(22)31)24(15)38-27(37-21)36-14(11-41)12-42/h2-10,14,41-42H,11-12H2,1H3,(H,35,39,44)(H,36,37,38). The second-order valence-electron chi connectivity index (χ2n) is 9.73. The lowest BCUT2D eigenvalue weighted by molar-refractivity contribution is -0.189. The van der Waals surface area contributed by atoms with Gasteiger partial charge < -0.3 is 20.3 Å². The van der Waals surface area contributed by atoms with Crippen LogP contribution in [0.5, 0.6) is 5.75 Å². The highest BCUT2D eigenvalue weighted by molar-refractivity contribution is 7.13. The van der Waals surface area contributed by atoms with Gasteiger partial charge in [0.25, 0.3) is 11.5 Å². The Morgan fingerprint density at radius 1 is 1.04 bits per heavy atom. The molecule has 0 aliphatic rings. The lowest BCUT2D eigenvalue weighted by atomic mass is 9.97. The number of anilines is 2. The minimum absolute atomic E-state index is 0.0687. The number of halogens is 5. The molecule has 0 atom stereocenters. The smallest absolute Gasteiger partial charge is 0.418 e. The van der Waals surface area contributed by atoms with Gasteiger partial charge in [0.2, 0.25) is 5.95 Å². The summed E-state index contributed by atoms with van der Waals surface area (Å²) < 4.78 is 76.0. The van der Waals surface area contributed by atoms with Crippen molar-refractivity contribution in [1.82, 2.24) is 19.5 Å². The molecule has 5 rings (SSSR count). The van der Waals surface area contributed by atoms with E-state index in [-0.39, 0.29) is 27.3 Å². The summed E-state index contributed by atoms with van der Waals surface area (Å²) in [7, 11) is 0. The van der Waals surface area contributed by atoms with Crippen LogP contribution in [0.2, 0.25) is 0 Å². The minimum atomic E-state index is -5.51. The first kappa shape index (κ1) is 33.0.